The van der Waals surface area contributed by atoms with Crippen LogP contribution >= 0.6 is 0 Å². The molecule has 1 aromatic rings. The number of hydrogen-bond acceptors (Lipinski definition) is 2. The Labute approximate surface area is 97.5 Å². The fourth-order valence-corrected chi connectivity index (χ4v) is 1.71. The first-order chi connectivity index (χ1) is 7.47. The third-order valence-electron chi connectivity index (χ3n) is 2.85. The fourth-order valence-electron chi connectivity index (χ4n) is 1.71. The largest absolute Gasteiger partial charge is 0.314 e. The lowest BCUT2D eigenvalue weighted by Gasteiger charge is -2.23. The molecular weight excluding hydrogens is 200 g/mol. The molecule has 0 aromatic heterocycles. The number of anilines is 1. The molecule has 1 amide bonds. The minimum absolute atomic E-state index is 0.0782. The van der Waals surface area contributed by atoms with Gasteiger partial charge in [0.15, 0.2) is 0 Å². The van der Waals surface area contributed by atoms with E-state index in [0.717, 1.165) is 11.3 Å². The maximum absolute atomic E-state index is 12.0. The molecule has 1 unspecified atom stereocenters. The highest BCUT2D eigenvalue weighted by Gasteiger charge is 2.17. The van der Waals surface area contributed by atoms with Crippen molar-refractivity contribution in [3.63, 3.8) is 0 Å². The highest BCUT2D eigenvalue weighted by molar-refractivity contribution is 5.97. The summed E-state index contributed by atoms with van der Waals surface area (Å²) in [5, 5.41) is 2.95. The second-order valence-corrected chi connectivity index (χ2v) is 4.20. The summed E-state index contributed by atoms with van der Waals surface area (Å²) in [5.41, 5.74) is 3.31. The molecule has 0 bridgehead atoms. The highest BCUT2D eigenvalue weighted by atomic mass is 16.2. The van der Waals surface area contributed by atoms with Gasteiger partial charge in [-0.15, -0.1) is 0 Å². The average Bonchev–Trinajstić information content (AvgIpc) is 2.26. The number of carbonyl (C=O) groups is 1. The highest BCUT2D eigenvalue weighted by Crippen LogP contribution is 2.20. The normalized spacial score (nSPS) is 12.3. The van der Waals surface area contributed by atoms with Crippen molar-refractivity contribution in [2.24, 2.45) is 0 Å². The summed E-state index contributed by atoms with van der Waals surface area (Å²) in [5.74, 6) is 0.0782. The molecule has 16 heavy (non-hydrogen) atoms. The first-order valence-corrected chi connectivity index (χ1v) is 5.49. The number of benzene rings is 1. The zero-order valence-corrected chi connectivity index (χ0v) is 10.7. The number of carbonyl (C=O) groups excluding carboxylic acids is 1. The molecule has 0 fully saturated rings. The van der Waals surface area contributed by atoms with Gasteiger partial charge in [0.25, 0.3) is 0 Å². The van der Waals surface area contributed by atoms with Gasteiger partial charge in [0.1, 0.15) is 0 Å². The molecule has 1 N–H and O–H groups in total. The van der Waals surface area contributed by atoms with Crippen molar-refractivity contribution in [3.8, 4) is 0 Å². The molecule has 0 saturated heterocycles. The molecule has 3 nitrogen and oxygen atoms in total. The topological polar surface area (TPSA) is 32.3 Å². The van der Waals surface area contributed by atoms with Gasteiger partial charge in [0.2, 0.25) is 5.91 Å². The van der Waals surface area contributed by atoms with Crippen LogP contribution in [0.5, 0.6) is 0 Å². The molecule has 3 heteroatoms. The van der Waals surface area contributed by atoms with E-state index < -0.39 is 0 Å². The summed E-state index contributed by atoms with van der Waals surface area (Å²) in [6.07, 6.45) is 0. The van der Waals surface area contributed by atoms with Crippen LogP contribution in [-0.2, 0) is 4.79 Å². The predicted molar refractivity (Wildman–Crippen MR) is 67.8 cm³/mol. The number of likely N-dealkylation sites (N-methyl/N-ethyl adjacent to an activating group) is 2. The SMILES string of the molecule is CNC(C)C(=O)N(C)c1ccc(C)cc1C. The third-order valence-corrected chi connectivity index (χ3v) is 2.85. The Balaban J connectivity index is 2.96. The lowest BCUT2D eigenvalue weighted by atomic mass is 10.1. The van der Waals surface area contributed by atoms with Crippen LogP contribution in [0.15, 0.2) is 18.2 Å². The standard InChI is InChI=1S/C13H20N2O/c1-9-6-7-12(10(2)8-9)15(5)13(16)11(3)14-4/h6-8,11,14H,1-5H3. The number of hydrogen-bond donors (Lipinski definition) is 1. The Bertz CT molecular complexity index is 388. The smallest absolute Gasteiger partial charge is 0.243 e. The molecule has 0 aliphatic heterocycles. The van der Waals surface area contributed by atoms with Crippen LogP contribution in [0.25, 0.3) is 0 Å². The van der Waals surface area contributed by atoms with Crippen LogP contribution in [0.2, 0.25) is 0 Å². The summed E-state index contributed by atoms with van der Waals surface area (Å²) >= 11 is 0. The third kappa shape index (κ3) is 2.61. The molecule has 0 radical (unpaired) electrons. The molecule has 1 aromatic carbocycles. The summed E-state index contributed by atoms with van der Waals surface area (Å²) in [4.78, 5) is 13.7. The summed E-state index contributed by atoms with van der Waals surface area (Å²) in [7, 11) is 3.60. The van der Waals surface area contributed by atoms with Crippen molar-refractivity contribution in [1.82, 2.24) is 5.32 Å². The van der Waals surface area contributed by atoms with Crippen LogP contribution < -0.4 is 10.2 Å². The maximum Gasteiger partial charge on any atom is 0.243 e. The van der Waals surface area contributed by atoms with E-state index in [2.05, 4.69) is 18.3 Å². The summed E-state index contributed by atoms with van der Waals surface area (Å²) in [6.45, 7) is 5.94. The Kier molecular flexibility index (Phi) is 4.07. The number of nitrogens with zero attached hydrogens (tertiary/aromatic N) is 1. The zero-order valence-electron chi connectivity index (χ0n) is 10.7. The molecule has 1 rings (SSSR count). The van der Waals surface area contributed by atoms with Gasteiger partial charge in [-0.2, -0.15) is 0 Å². The van der Waals surface area contributed by atoms with Crippen molar-refractivity contribution >= 4 is 11.6 Å². The first kappa shape index (κ1) is 12.7. The van der Waals surface area contributed by atoms with Crippen molar-refractivity contribution in [2.75, 3.05) is 19.0 Å². The lowest BCUT2D eigenvalue weighted by molar-refractivity contribution is -0.119. The van der Waals surface area contributed by atoms with Gasteiger partial charge in [-0.3, -0.25) is 4.79 Å². The van der Waals surface area contributed by atoms with E-state index in [1.165, 1.54) is 5.56 Å². The second kappa shape index (κ2) is 5.12. The first-order valence-electron chi connectivity index (χ1n) is 5.49. The molecule has 0 spiro atoms. The van der Waals surface area contributed by atoms with E-state index in [0.29, 0.717) is 0 Å². The predicted octanol–water partition coefficient (Wildman–Crippen LogP) is 1.87. The number of aryl methyl sites for hydroxylation is 2. The van der Waals surface area contributed by atoms with E-state index in [1.807, 2.05) is 33.0 Å². The van der Waals surface area contributed by atoms with Gasteiger partial charge >= 0.3 is 0 Å². The number of nitrogens with one attached hydrogen (secondary N) is 1. The zero-order chi connectivity index (χ0) is 12.3. The van der Waals surface area contributed by atoms with Crippen molar-refractivity contribution in [2.45, 2.75) is 26.8 Å². The molecule has 0 aliphatic carbocycles. The molecular formula is C13H20N2O. The van der Waals surface area contributed by atoms with Gasteiger partial charge in [-0.05, 0) is 39.4 Å². The van der Waals surface area contributed by atoms with Crippen LogP contribution in [0.3, 0.4) is 0 Å². The maximum atomic E-state index is 12.0. The minimum atomic E-state index is -0.161. The van der Waals surface area contributed by atoms with Gasteiger partial charge in [-0.25, -0.2) is 0 Å². The van der Waals surface area contributed by atoms with Crippen LogP contribution in [-0.4, -0.2) is 26.0 Å². The number of amides is 1. The lowest BCUT2D eigenvalue weighted by Crippen LogP contribution is -2.41. The molecule has 88 valence electrons. The Morgan fingerprint density at radius 2 is 2.00 bits per heavy atom. The van der Waals surface area contributed by atoms with Gasteiger partial charge in [-0.1, -0.05) is 17.7 Å². The van der Waals surface area contributed by atoms with Crippen molar-refractivity contribution in [1.29, 1.82) is 0 Å². The van der Waals surface area contributed by atoms with Gasteiger partial charge in [0.05, 0.1) is 6.04 Å². The average molecular weight is 220 g/mol. The summed E-state index contributed by atoms with van der Waals surface area (Å²) < 4.78 is 0. The van der Waals surface area contributed by atoms with Gasteiger partial charge < -0.3 is 10.2 Å². The molecule has 0 aliphatic rings. The molecule has 0 saturated carbocycles. The van der Waals surface area contributed by atoms with E-state index in [-0.39, 0.29) is 11.9 Å². The van der Waals surface area contributed by atoms with Crippen LogP contribution in [0.1, 0.15) is 18.1 Å². The summed E-state index contributed by atoms with van der Waals surface area (Å²) in [6, 6.07) is 5.94. The minimum Gasteiger partial charge on any atom is -0.314 e. The fraction of sp³-hybridized carbons (Fsp3) is 0.462. The van der Waals surface area contributed by atoms with E-state index in [4.69, 9.17) is 0 Å². The Morgan fingerprint density at radius 1 is 1.38 bits per heavy atom. The Hall–Kier alpha value is -1.35. The second-order valence-electron chi connectivity index (χ2n) is 4.20. The van der Waals surface area contributed by atoms with Crippen LogP contribution in [0.4, 0.5) is 5.69 Å². The molecule has 0 heterocycles. The van der Waals surface area contributed by atoms with E-state index >= 15 is 0 Å². The van der Waals surface area contributed by atoms with Crippen LogP contribution in [0, 0.1) is 13.8 Å². The quantitative estimate of drug-likeness (QED) is 0.843. The Morgan fingerprint density at radius 3 is 2.50 bits per heavy atom. The van der Waals surface area contributed by atoms with Crippen molar-refractivity contribution in [3.05, 3.63) is 29.3 Å². The van der Waals surface area contributed by atoms with Crippen molar-refractivity contribution < 1.29 is 4.79 Å². The monoisotopic (exact) mass is 220 g/mol. The van der Waals surface area contributed by atoms with E-state index in [9.17, 15) is 4.79 Å². The number of rotatable bonds is 3. The van der Waals surface area contributed by atoms with Gasteiger partial charge in [0, 0.05) is 12.7 Å². The van der Waals surface area contributed by atoms with E-state index in [1.54, 1.807) is 11.9 Å². The molecule has 1 atom stereocenters.